The van der Waals surface area contributed by atoms with E-state index in [1.165, 1.54) is 0 Å². The van der Waals surface area contributed by atoms with E-state index < -0.39 is 5.91 Å². The molecule has 9 heteroatoms. The molecule has 0 radical (unpaired) electrons. The zero-order valence-electron chi connectivity index (χ0n) is 18.7. The van der Waals surface area contributed by atoms with E-state index in [0.29, 0.717) is 51.7 Å². The van der Waals surface area contributed by atoms with Crippen molar-refractivity contribution in [1.82, 2.24) is 26.0 Å². The summed E-state index contributed by atoms with van der Waals surface area (Å²) in [5.41, 5.74) is 7.54. The third-order valence-electron chi connectivity index (χ3n) is 5.19. The zero-order chi connectivity index (χ0) is 23.9. The zero-order valence-corrected chi connectivity index (χ0v) is 19.4. The van der Waals surface area contributed by atoms with E-state index in [-0.39, 0.29) is 12.3 Å². The number of nitrogens with one attached hydrogen (secondary N) is 2. The molecule has 0 saturated carbocycles. The standard InChI is InChI=1S/C25H24ClN5O3/c1-2-6-22-28-24(34-31-22)10-5-9-23(32)29-30-25(33)19-15-21(16-11-13-17(26)14-12-16)27-20-8-4-3-7-18(19)20/h3-4,7-8,11-15H,2,5-6,9-10H2,1H3,(H,29,32)(H,30,33). The van der Waals surface area contributed by atoms with Gasteiger partial charge in [0.25, 0.3) is 5.91 Å². The van der Waals surface area contributed by atoms with Crippen LogP contribution in [0.25, 0.3) is 22.2 Å². The number of carbonyl (C=O) groups excluding carboxylic acids is 2. The number of amides is 2. The molecule has 0 fully saturated rings. The van der Waals surface area contributed by atoms with Crippen molar-refractivity contribution in [2.45, 2.75) is 39.0 Å². The average molecular weight is 478 g/mol. The van der Waals surface area contributed by atoms with Crippen LogP contribution in [0.1, 0.15) is 48.3 Å². The first kappa shape index (κ1) is 23.4. The van der Waals surface area contributed by atoms with Crippen LogP contribution in [0, 0.1) is 0 Å². The van der Waals surface area contributed by atoms with Gasteiger partial charge in [0.1, 0.15) is 0 Å². The van der Waals surface area contributed by atoms with Gasteiger partial charge in [-0.15, -0.1) is 0 Å². The second-order valence-electron chi connectivity index (χ2n) is 7.79. The highest BCUT2D eigenvalue weighted by Crippen LogP contribution is 2.25. The maximum absolute atomic E-state index is 13.0. The molecule has 0 aliphatic rings. The van der Waals surface area contributed by atoms with Gasteiger partial charge in [-0.2, -0.15) is 4.98 Å². The Morgan fingerprint density at radius 3 is 2.59 bits per heavy atom. The fraction of sp³-hybridized carbons (Fsp3) is 0.240. The highest BCUT2D eigenvalue weighted by atomic mass is 35.5. The van der Waals surface area contributed by atoms with E-state index in [1.54, 1.807) is 18.2 Å². The van der Waals surface area contributed by atoms with Gasteiger partial charge >= 0.3 is 0 Å². The van der Waals surface area contributed by atoms with Gasteiger partial charge in [-0.25, -0.2) is 4.98 Å². The number of halogens is 1. The number of hydrogen-bond acceptors (Lipinski definition) is 6. The summed E-state index contributed by atoms with van der Waals surface area (Å²) < 4.78 is 5.17. The second kappa shape index (κ2) is 10.9. The molecule has 0 atom stereocenters. The molecule has 174 valence electrons. The molecular weight excluding hydrogens is 454 g/mol. The number of hydrogen-bond donors (Lipinski definition) is 2. The van der Waals surface area contributed by atoms with Crippen molar-refractivity contribution >= 4 is 34.3 Å². The van der Waals surface area contributed by atoms with Crippen LogP contribution in [-0.4, -0.2) is 26.9 Å². The fourth-order valence-corrected chi connectivity index (χ4v) is 3.63. The highest BCUT2D eigenvalue weighted by Gasteiger charge is 2.15. The summed E-state index contributed by atoms with van der Waals surface area (Å²) in [4.78, 5) is 34.1. The van der Waals surface area contributed by atoms with Crippen molar-refractivity contribution in [1.29, 1.82) is 0 Å². The summed E-state index contributed by atoms with van der Waals surface area (Å²) >= 11 is 5.99. The summed E-state index contributed by atoms with van der Waals surface area (Å²) in [5, 5.41) is 5.20. The number of aryl methyl sites for hydroxylation is 2. The highest BCUT2D eigenvalue weighted by molar-refractivity contribution is 6.30. The summed E-state index contributed by atoms with van der Waals surface area (Å²) in [6.45, 7) is 2.04. The Kier molecular flexibility index (Phi) is 7.49. The lowest BCUT2D eigenvalue weighted by Gasteiger charge is -2.11. The molecule has 0 bridgehead atoms. The summed E-state index contributed by atoms with van der Waals surface area (Å²) in [5.74, 6) is 0.455. The lowest BCUT2D eigenvalue weighted by atomic mass is 10.0. The van der Waals surface area contributed by atoms with Crippen LogP contribution in [-0.2, 0) is 17.6 Å². The minimum absolute atomic E-state index is 0.207. The maximum atomic E-state index is 13.0. The Bertz CT molecular complexity index is 1300. The Balaban J connectivity index is 1.39. The molecule has 2 amide bonds. The topological polar surface area (TPSA) is 110 Å². The van der Waals surface area contributed by atoms with Crippen molar-refractivity contribution in [3.63, 3.8) is 0 Å². The number of rotatable bonds is 8. The number of aromatic nitrogens is 3. The van der Waals surface area contributed by atoms with Crippen molar-refractivity contribution in [3.8, 4) is 11.3 Å². The van der Waals surface area contributed by atoms with Gasteiger partial charge in [0.2, 0.25) is 11.8 Å². The van der Waals surface area contributed by atoms with Gasteiger partial charge in [-0.3, -0.25) is 20.4 Å². The van der Waals surface area contributed by atoms with E-state index in [0.717, 1.165) is 18.4 Å². The molecule has 2 heterocycles. The lowest BCUT2D eigenvalue weighted by molar-refractivity contribution is -0.121. The number of nitrogens with zero attached hydrogens (tertiary/aromatic N) is 3. The van der Waals surface area contributed by atoms with Crippen LogP contribution in [0.5, 0.6) is 0 Å². The van der Waals surface area contributed by atoms with Crippen LogP contribution >= 0.6 is 11.6 Å². The Labute approximate surface area is 201 Å². The first-order valence-electron chi connectivity index (χ1n) is 11.1. The number of fused-ring (bicyclic) bond motifs is 1. The van der Waals surface area contributed by atoms with Gasteiger partial charge < -0.3 is 4.52 Å². The first-order chi connectivity index (χ1) is 16.5. The number of benzene rings is 2. The van der Waals surface area contributed by atoms with Crippen molar-refractivity contribution < 1.29 is 14.1 Å². The minimum atomic E-state index is -0.428. The van der Waals surface area contributed by atoms with E-state index >= 15 is 0 Å². The average Bonchev–Trinajstić information content (AvgIpc) is 3.29. The molecule has 4 aromatic rings. The number of carbonyl (C=O) groups is 2. The van der Waals surface area contributed by atoms with Crippen LogP contribution in [0.2, 0.25) is 5.02 Å². The molecular formula is C25H24ClN5O3. The predicted molar refractivity (Wildman–Crippen MR) is 129 cm³/mol. The number of para-hydroxylation sites is 1. The first-order valence-corrected chi connectivity index (χ1v) is 11.5. The summed E-state index contributed by atoms with van der Waals surface area (Å²) in [7, 11) is 0. The van der Waals surface area contributed by atoms with Gasteiger partial charge in [-0.1, -0.05) is 54.0 Å². The number of hydrazine groups is 1. The molecule has 0 saturated heterocycles. The Morgan fingerprint density at radius 1 is 1.00 bits per heavy atom. The van der Waals surface area contributed by atoms with Gasteiger partial charge in [0, 0.05) is 35.2 Å². The molecule has 2 aromatic heterocycles. The van der Waals surface area contributed by atoms with E-state index in [1.807, 2.05) is 43.3 Å². The quantitative estimate of drug-likeness (QED) is 0.357. The molecule has 0 aliphatic carbocycles. The third-order valence-corrected chi connectivity index (χ3v) is 5.45. The molecule has 0 aliphatic heterocycles. The van der Waals surface area contributed by atoms with E-state index in [9.17, 15) is 9.59 Å². The molecule has 4 rings (SSSR count). The smallest absolute Gasteiger partial charge is 0.270 e. The van der Waals surface area contributed by atoms with E-state index in [2.05, 4.69) is 26.0 Å². The Hall–Kier alpha value is -3.78. The van der Waals surface area contributed by atoms with Crippen molar-refractivity contribution in [3.05, 3.63) is 76.9 Å². The van der Waals surface area contributed by atoms with Crippen molar-refractivity contribution in [2.24, 2.45) is 0 Å². The minimum Gasteiger partial charge on any atom is -0.339 e. The molecule has 0 unspecified atom stereocenters. The molecule has 34 heavy (non-hydrogen) atoms. The third kappa shape index (κ3) is 5.77. The predicted octanol–water partition coefficient (Wildman–Crippen LogP) is 4.67. The van der Waals surface area contributed by atoms with Crippen LogP contribution in [0.15, 0.2) is 59.1 Å². The van der Waals surface area contributed by atoms with Crippen LogP contribution < -0.4 is 10.9 Å². The van der Waals surface area contributed by atoms with Gasteiger partial charge in [0.15, 0.2) is 5.82 Å². The van der Waals surface area contributed by atoms with Gasteiger partial charge in [-0.05, 0) is 37.1 Å². The molecule has 2 aromatic carbocycles. The van der Waals surface area contributed by atoms with Crippen molar-refractivity contribution in [2.75, 3.05) is 0 Å². The molecule has 8 nitrogen and oxygen atoms in total. The molecule has 2 N–H and O–H groups in total. The summed E-state index contributed by atoms with van der Waals surface area (Å²) in [6, 6.07) is 16.3. The fourth-order valence-electron chi connectivity index (χ4n) is 3.51. The SMILES string of the molecule is CCCc1noc(CCCC(=O)NNC(=O)c2cc(-c3ccc(Cl)cc3)nc3ccccc23)n1. The normalized spacial score (nSPS) is 10.9. The van der Waals surface area contributed by atoms with Crippen LogP contribution in [0.4, 0.5) is 0 Å². The Morgan fingerprint density at radius 2 is 1.79 bits per heavy atom. The monoisotopic (exact) mass is 477 g/mol. The maximum Gasteiger partial charge on any atom is 0.270 e. The van der Waals surface area contributed by atoms with E-state index in [4.69, 9.17) is 16.1 Å². The van der Waals surface area contributed by atoms with Gasteiger partial charge in [0.05, 0.1) is 16.8 Å². The number of pyridine rings is 1. The summed E-state index contributed by atoms with van der Waals surface area (Å²) in [6.07, 6.45) is 2.93. The second-order valence-corrected chi connectivity index (χ2v) is 8.23. The van der Waals surface area contributed by atoms with Crippen LogP contribution in [0.3, 0.4) is 0 Å². The molecule has 0 spiro atoms. The lowest BCUT2D eigenvalue weighted by Crippen LogP contribution is -2.41. The largest absolute Gasteiger partial charge is 0.339 e.